The maximum absolute atomic E-state index is 11.1. The third kappa shape index (κ3) is 2.85. The zero-order valence-corrected chi connectivity index (χ0v) is 8.64. The second-order valence-electron chi connectivity index (χ2n) is 3.14. The molecule has 5 heteroatoms. The van der Waals surface area contributed by atoms with Crippen molar-refractivity contribution in [2.75, 3.05) is 6.26 Å². The number of nitrogen functional groups attached to an aromatic ring is 1. The van der Waals surface area contributed by atoms with Gasteiger partial charge in [0.05, 0.1) is 5.75 Å². The fourth-order valence-corrected chi connectivity index (χ4v) is 2.01. The molecule has 0 aliphatic rings. The third-order valence-electron chi connectivity index (χ3n) is 1.73. The molecule has 0 aliphatic heterocycles. The van der Waals surface area contributed by atoms with Gasteiger partial charge in [0.25, 0.3) is 0 Å². The number of nitrogens with two attached hydrogens (primary N) is 1. The lowest BCUT2D eigenvalue weighted by Gasteiger charge is -2.05. The second kappa shape index (κ2) is 3.79. The van der Waals surface area contributed by atoms with Gasteiger partial charge in [-0.25, -0.2) is 8.42 Å². The molecule has 0 saturated heterocycles. The van der Waals surface area contributed by atoms with E-state index in [1.165, 1.54) is 0 Å². The zero-order valence-electron chi connectivity index (χ0n) is 7.82. The highest BCUT2D eigenvalue weighted by Crippen LogP contribution is 2.11. The van der Waals surface area contributed by atoms with E-state index < -0.39 is 9.84 Å². The monoisotopic (exact) mass is 212 g/mol. The number of nitrogens with one attached hydrogen (secondary N) is 1. The molecular formula is C9H12N2O2S. The molecule has 1 aromatic carbocycles. The van der Waals surface area contributed by atoms with Crippen LogP contribution in [-0.4, -0.2) is 20.5 Å². The Balaban J connectivity index is 3.15. The first kappa shape index (κ1) is 10.7. The quantitative estimate of drug-likeness (QED) is 0.565. The van der Waals surface area contributed by atoms with Crippen LogP contribution in [0, 0.1) is 5.41 Å². The lowest BCUT2D eigenvalue weighted by molar-refractivity contribution is 0.601. The summed E-state index contributed by atoms with van der Waals surface area (Å²) in [4.78, 5) is 0. The molecule has 0 spiro atoms. The van der Waals surface area contributed by atoms with Crippen LogP contribution >= 0.6 is 0 Å². The van der Waals surface area contributed by atoms with Crippen LogP contribution in [0.2, 0.25) is 0 Å². The molecular weight excluding hydrogens is 200 g/mol. The molecule has 0 atom stereocenters. The number of hydrogen-bond acceptors (Lipinski definition) is 3. The van der Waals surface area contributed by atoms with E-state index in [0.717, 1.165) is 6.26 Å². The molecule has 0 bridgehead atoms. The first-order chi connectivity index (χ1) is 6.40. The van der Waals surface area contributed by atoms with Gasteiger partial charge in [-0.2, -0.15) is 0 Å². The summed E-state index contributed by atoms with van der Waals surface area (Å²) in [6, 6.07) is 6.76. The highest BCUT2D eigenvalue weighted by Gasteiger charge is 2.09. The molecule has 1 aromatic rings. The minimum Gasteiger partial charge on any atom is -0.384 e. The van der Waals surface area contributed by atoms with Crippen molar-refractivity contribution in [3.05, 3.63) is 35.4 Å². The molecule has 4 nitrogen and oxygen atoms in total. The van der Waals surface area contributed by atoms with E-state index in [-0.39, 0.29) is 11.6 Å². The van der Waals surface area contributed by atoms with E-state index in [2.05, 4.69) is 0 Å². The summed E-state index contributed by atoms with van der Waals surface area (Å²) in [6.45, 7) is 0. The third-order valence-corrected chi connectivity index (χ3v) is 2.56. The van der Waals surface area contributed by atoms with Gasteiger partial charge in [-0.15, -0.1) is 0 Å². The van der Waals surface area contributed by atoms with Gasteiger partial charge in [0.2, 0.25) is 0 Å². The highest BCUT2D eigenvalue weighted by atomic mass is 32.2. The SMILES string of the molecule is CS(=O)(=O)Cc1ccccc1C(=N)N. The van der Waals surface area contributed by atoms with E-state index in [0.29, 0.717) is 11.1 Å². The topological polar surface area (TPSA) is 84.0 Å². The molecule has 0 unspecified atom stereocenters. The second-order valence-corrected chi connectivity index (χ2v) is 5.28. The van der Waals surface area contributed by atoms with Crippen molar-refractivity contribution < 1.29 is 8.42 Å². The molecule has 0 radical (unpaired) electrons. The van der Waals surface area contributed by atoms with Crippen LogP contribution in [0.3, 0.4) is 0 Å². The predicted molar refractivity (Wildman–Crippen MR) is 56.0 cm³/mol. The summed E-state index contributed by atoms with van der Waals surface area (Å²) in [5.41, 5.74) is 6.38. The summed E-state index contributed by atoms with van der Waals surface area (Å²) < 4.78 is 22.1. The fraction of sp³-hybridized carbons (Fsp3) is 0.222. The van der Waals surface area contributed by atoms with Crippen molar-refractivity contribution in [2.45, 2.75) is 5.75 Å². The van der Waals surface area contributed by atoms with Crippen molar-refractivity contribution >= 4 is 15.7 Å². The van der Waals surface area contributed by atoms with Crippen molar-refractivity contribution in [1.29, 1.82) is 5.41 Å². The number of rotatable bonds is 3. The molecule has 76 valence electrons. The Morgan fingerprint density at radius 3 is 2.50 bits per heavy atom. The van der Waals surface area contributed by atoms with Crippen molar-refractivity contribution in [3.8, 4) is 0 Å². The van der Waals surface area contributed by atoms with Crippen LogP contribution in [-0.2, 0) is 15.6 Å². The van der Waals surface area contributed by atoms with Gasteiger partial charge in [-0.3, -0.25) is 5.41 Å². The lowest BCUT2D eigenvalue weighted by atomic mass is 10.1. The summed E-state index contributed by atoms with van der Waals surface area (Å²) in [7, 11) is -3.09. The van der Waals surface area contributed by atoms with Crippen molar-refractivity contribution in [2.24, 2.45) is 5.73 Å². The smallest absolute Gasteiger partial charge is 0.151 e. The summed E-state index contributed by atoms with van der Waals surface area (Å²) in [6.07, 6.45) is 1.16. The van der Waals surface area contributed by atoms with Gasteiger partial charge < -0.3 is 5.73 Å². The van der Waals surface area contributed by atoms with E-state index in [9.17, 15) is 8.42 Å². The largest absolute Gasteiger partial charge is 0.384 e. The molecule has 0 aromatic heterocycles. The maximum atomic E-state index is 11.1. The molecule has 0 amide bonds. The first-order valence-electron chi connectivity index (χ1n) is 4.00. The predicted octanol–water partition coefficient (Wildman–Crippen LogP) is 0.515. The summed E-state index contributed by atoms with van der Waals surface area (Å²) in [5, 5.41) is 7.27. The Bertz CT molecular complexity index is 452. The average molecular weight is 212 g/mol. The highest BCUT2D eigenvalue weighted by molar-refractivity contribution is 7.89. The average Bonchev–Trinajstić information content (AvgIpc) is 2.01. The van der Waals surface area contributed by atoms with Crippen LogP contribution < -0.4 is 5.73 Å². The molecule has 0 saturated carbocycles. The van der Waals surface area contributed by atoms with Crippen LogP contribution in [0.5, 0.6) is 0 Å². The number of sulfone groups is 1. The molecule has 3 N–H and O–H groups in total. The van der Waals surface area contributed by atoms with E-state index in [4.69, 9.17) is 11.1 Å². The lowest BCUT2D eigenvalue weighted by Crippen LogP contribution is -2.15. The fourth-order valence-electron chi connectivity index (χ4n) is 1.19. The van der Waals surface area contributed by atoms with Crippen LogP contribution in [0.1, 0.15) is 11.1 Å². The molecule has 0 aliphatic carbocycles. The number of hydrogen-bond donors (Lipinski definition) is 2. The van der Waals surface area contributed by atoms with Gasteiger partial charge in [0.15, 0.2) is 9.84 Å². The molecule has 0 heterocycles. The Morgan fingerprint density at radius 2 is 2.00 bits per heavy atom. The van der Waals surface area contributed by atoms with Crippen molar-refractivity contribution in [1.82, 2.24) is 0 Å². The minimum absolute atomic E-state index is 0.0806. The van der Waals surface area contributed by atoms with E-state index in [1.807, 2.05) is 0 Å². The first-order valence-corrected chi connectivity index (χ1v) is 6.06. The minimum atomic E-state index is -3.09. The Hall–Kier alpha value is -1.36. The van der Waals surface area contributed by atoms with E-state index >= 15 is 0 Å². The molecule has 14 heavy (non-hydrogen) atoms. The normalized spacial score (nSPS) is 11.2. The van der Waals surface area contributed by atoms with Gasteiger partial charge in [0, 0.05) is 11.8 Å². The molecule has 1 rings (SSSR count). The van der Waals surface area contributed by atoms with Crippen LogP contribution in [0.4, 0.5) is 0 Å². The Kier molecular flexibility index (Phi) is 2.90. The van der Waals surface area contributed by atoms with Crippen LogP contribution in [0.15, 0.2) is 24.3 Å². The van der Waals surface area contributed by atoms with Gasteiger partial charge in [0.1, 0.15) is 5.84 Å². The Morgan fingerprint density at radius 1 is 1.43 bits per heavy atom. The van der Waals surface area contributed by atoms with Crippen LogP contribution in [0.25, 0.3) is 0 Å². The van der Waals surface area contributed by atoms with Gasteiger partial charge in [-0.1, -0.05) is 24.3 Å². The van der Waals surface area contributed by atoms with Gasteiger partial charge >= 0.3 is 0 Å². The summed E-state index contributed by atoms with van der Waals surface area (Å²) in [5.74, 6) is -0.188. The van der Waals surface area contributed by atoms with Crippen molar-refractivity contribution in [3.63, 3.8) is 0 Å². The number of amidine groups is 1. The standard InChI is InChI=1S/C9H12N2O2S/c1-14(12,13)6-7-4-2-3-5-8(7)9(10)11/h2-5H,6H2,1H3,(H3,10,11). The summed E-state index contributed by atoms with van der Waals surface area (Å²) >= 11 is 0. The Labute approximate surface area is 83.2 Å². The number of benzene rings is 1. The zero-order chi connectivity index (χ0) is 10.8. The maximum Gasteiger partial charge on any atom is 0.151 e. The molecule has 0 fully saturated rings. The van der Waals surface area contributed by atoms with E-state index in [1.54, 1.807) is 24.3 Å². The van der Waals surface area contributed by atoms with Gasteiger partial charge in [-0.05, 0) is 5.56 Å².